The van der Waals surface area contributed by atoms with Crippen LogP contribution in [-0.4, -0.2) is 9.61 Å². The molecule has 0 nitrogen and oxygen atoms in total. The Balaban J connectivity index is 1.72. The first-order valence-electron chi connectivity index (χ1n) is 9.36. The Morgan fingerprint density at radius 1 is 0.964 bits per heavy atom. The molecule has 1 heterocycles. The average Bonchev–Trinajstić information content (AvgIpc) is 2.53. The SMILES string of the molecule is CC1(C)CC(C)(C)c2cc(CC(=S)Cc3ccc(C(F)(F)F)cc3)ccc2S1. The van der Waals surface area contributed by atoms with Crippen LogP contribution < -0.4 is 0 Å². The summed E-state index contributed by atoms with van der Waals surface area (Å²) in [4.78, 5) is 2.17. The zero-order valence-electron chi connectivity index (χ0n) is 16.6. The van der Waals surface area contributed by atoms with Crippen molar-refractivity contribution in [3.63, 3.8) is 0 Å². The second-order valence-electron chi connectivity index (χ2n) is 8.84. The molecule has 150 valence electrons. The molecular weight excluding hydrogens is 397 g/mol. The molecule has 0 N–H and O–H groups in total. The second-order valence-corrected chi connectivity index (χ2v) is 11.2. The van der Waals surface area contributed by atoms with Crippen molar-refractivity contribution in [3.8, 4) is 0 Å². The van der Waals surface area contributed by atoms with E-state index in [1.165, 1.54) is 28.2 Å². The molecule has 1 aliphatic heterocycles. The number of thiocarbonyl (C=S) groups is 1. The van der Waals surface area contributed by atoms with E-state index in [9.17, 15) is 13.2 Å². The highest BCUT2D eigenvalue weighted by molar-refractivity contribution is 8.00. The number of alkyl halides is 3. The lowest BCUT2D eigenvalue weighted by Crippen LogP contribution is -2.33. The molecule has 5 heteroatoms. The van der Waals surface area contributed by atoms with Crippen LogP contribution in [0.4, 0.5) is 13.2 Å². The largest absolute Gasteiger partial charge is 0.416 e. The number of thioether (sulfide) groups is 1. The maximum atomic E-state index is 12.7. The van der Waals surface area contributed by atoms with Crippen LogP contribution in [0.25, 0.3) is 0 Å². The highest BCUT2D eigenvalue weighted by atomic mass is 32.2. The molecule has 0 amide bonds. The third kappa shape index (κ3) is 4.98. The van der Waals surface area contributed by atoms with Crippen molar-refractivity contribution in [2.45, 2.75) is 68.2 Å². The van der Waals surface area contributed by atoms with E-state index in [0.29, 0.717) is 12.8 Å². The molecule has 0 bridgehead atoms. The maximum Gasteiger partial charge on any atom is 0.416 e. The van der Waals surface area contributed by atoms with Gasteiger partial charge in [-0.3, -0.25) is 0 Å². The van der Waals surface area contributed by atoms with Crippen molar-refractivity contribution in [3.05, 3.63) is 64.7 Å². The van der Waals surface area contributed by atoms with Gasteiger partial charge in [0.25, 0.3) is 0 Å². The maximum absolute atomic E-state index is 12.7. The number of rotatable bonds is 4. The first-order chi connectivity index (χ1) is 12.9. The molecule has 0 atom stereocenters. The fourth-order valence-electron chi connectivity index (χ4n) is 4.13. The molecule has 1 aliphatic rings. The van der Waals surface area contributed by atoms with Crippen molar-refractivity contribution < 1.29 is 13.2 Å². The third-order valence-electron chi connectivity index (χ3n) is 5.11. The van der Waals surface area contributed by atoms with Crippen molar-refractivity contribution in [1.82, 2.24) is 0 Å². The van der Waals surface area contributed by atoms with Crippen molar-refractivity contribution in [2.75, 3.05) is 0 Å². The average molecular weight is 423 g/mol. The van der Waals surface area contributed by atoms with Crippen LogP contribution in [0.15, 0.2) is 47.4 Å². The molecule has 0 unspecified atom stereocenters. The number of hydrogen-bond donors (Lipinski definition) is 0. The summed E-state index contributed by atoms with van der Waals surface area (Å²) in [5, 5.41) is 0. The van der Waals surface area contributed by atoms with Crippen LogP contribution in [-0.2, 0) is 24.4 Å². The van der Waals surface area contributed by atoms with E-state index in [4.69, 9.17) is 12.2 Å². The summed E-state index contributed by atoms with van der Waals surface area (Å²) in [5.74, 6) is 0. The van der Waals surface area contributed by atoms with E-state index in [0.717, 1.165) is 29.0 Å². The minimum Gasteiger partial charge on any atom is -0.166 e. The molecule has 0 spiro atoms. The van der Waals surface area contributed by atoms with Crippen LogP contribution in [0.1, 0.15) is 56.4 Å². The van der Waals surface area contributed by atoms with Gasteiger partial charge in [-0.05, 0) is 46.7 Å². The molecule has 2 aromatic rings. The van der Waals surface area contributed by atoms with Crippen molar-refractivity contribution >= 4 is 28.8 Å². The smallest absolute Gasteiger partial charge is 0.166 e. The van der Waals surface area contributed by atoms with Gasteiger partial charge in [-0.25, -0.2) is 0 Å². The Bertz CT molecular complexity index is 878. The van der Waals surface area contributed by atoms with Crippen molar-refractivity contribution in [2.24, 2.45) is 0 Å². The van der Waals surface area contributed by atoms with Crippen LogP contribution in [0, 0.1) is 0 Å². The van der Waals surface area contributed by atoms with Gasteiger partial charge in [-0.15, -0.1) is 11.8 Å². The Hall–Kier alpha value is -1.33. The molecule has 0 fully saturated rings. The monoisotopic (exact) mass is 422 g/mol. The normalized spacial score (nSPS) is 17.8. The standard InChI is InChI=1S/C23H25F3S2/c1-21(2)14-22(3,4)28-20-10-7-16(13-19(20)21)12-18(27)11-15-5-8-17(9-6-15)23(24,25)26/h5-10,13H,11-12,14H2,1-4H3. The topological polar surface area (TPSA) is 0 Å². The van der Waals surface area contributed by atoms with E-state index in [1.54, 1.807) is 0 Å². The summed E-state index contributed by atoms with van der Waals surface area (Å²) in [6.07, 6.45) is -2.03. The summed E-state index contributed by atoms with van der Waals surface area (Å²) in [5.41, 5.74) is 2.83. The minimum atomic E-state index is -4.30. The first-order valence-corrected chi connectivity index (χ1v) is 10.6. The fraction of sp³-hybridized carbons (Fsp3) is 0.435. The van der Waals surface area contributed by atoms with Gasteiger partial charge >= 0.3 is 6.18 Å². The number of benzene rings is 2. The van der Waals surface area contributed by atoms with Gasteiger partial charge < -0.3 is 0 Å². The fourth-order valence-corrected chi connectivity index (χ4v) is 6.07. The number of halogens is 3. The zero-order valence-corrected chi connectivity index (χ0v) is 18.2. The van der Waals surface area contributed by atoms with Gasteiger partial charge in [0.2, 0.25) is 0 Å². The van der Waals surface area contributed by atoms with Crippen molar-refractivity contribution in [1.29, 1.82) is 0 Å². The van der Waals surface area contributed by atoms with Gasteiger partial charge in [0.05, 0.1) is 5.56 Å². The van der Waals surface area contributed by atoms with E-state index < -0.39 is 11.7 Å². The van der Waals surface area contributed by atoms with E-state index in [1.807, 2.05) is 11.8 Å². The summed E-state index contributed by atoms with van der Waals surface area (Å²) in [6, 6.07) is 11.9. The summed E-state index contributed by atoms with van der Waals surface area (Å²) >= 11 is 7.47. The Kier molecular flexibility index (Phi) is 5.72. The first kappa shape index (κ1) is 21.4. The number of fused-ring (bicyclic) bond motifs is 1. The Labute approximate surface area is 174 Å². The van der Waals surface area contributed by atoms with Gasteiger partial charge in [-0.2, -0.15) is 13.2 Å². The highest BCUT2D eigenvalue weighted by Crippen LogP contribution is 2.51. The quantitative estimate of drug-likeness (QED) is 0.470. The Morgan fingerprint density at radius 2 is 1.54 bits per heavy atom. The van der Waals surface area contributed by atoms with E-state index in [-0.39, 0.29) is 10.2 Å². The molecule has 0 saturated carbocycles. The van der Waals surface area contributed by atoms with Crippen LogP contribution in [0.3, 0.4) is 0 Å². The zero-order chi connectivity index (χ0) is 20.7. The minimum absolute atomic E-state index is 0.106. The lowest BCUT2D eigenvalue weighted by Gasteiger charge is -2.41. The molecule has 0 aliphatic carbocycles. The predicted octanol–water partition coefficient (Wildman–Crippen LogP) is 7.41. The second kappa shape index (κ2) is 7.49. The summed E-state index contributed by atoms with van der Waals surface area (Å²) in [6.45, 7) is 9.15. The predicted molar refractivity (Wildman–Crippen MR) is 115 cm³/mol. The summed E-state index contributed by atoms with van der Waals surface area (Å²) < 4.78 is 38.3. The molecule has 0 saturated heterocycles. The van der Waals surface area contributed by atoms with E-state index >= 15 is 0 Å². The van der Waals surface area contributed by atoms with Crippen LogP contribution in [0.2, 0.25) is 0 Å². The van der Waals surface area contributed by atoms with Gasteiger partial charge in [0, 0.05) is 27.3 Å². The lowest BCUT2D eigenvalue weighted by atomic mass is 9.76. The third-order valence-corrected chi connectivity index (χ3v) is 6.67. The van der Waals surface area contributed by atoms with E-state index in [2.05, 4.69) is 45.9 Å². The molecule has 0 radical (unpaired) electrons. The molecular formula is C23H25F3S2. The molecule has 28 heavy (non-hydrogen) atoms. The highest BCUT2D eigenvalue weighted by Gasteiger charge is 2.38. The van der Waals surface area contributed by atoms with Gasteiger partial charge in [-0.1, -0.05) is 64.2 Å². The molecule has 2 aromatic carbocycles. The lowest BCUT2D eigenvalue weighted by molar-refractivity contribution is -0.137. The number of hydrogen-bond acceptors (Lipinski definition) is 2. The van der Waals surface area contributed by atoms with Gasteiger partial charge in [0.15, 0.2) is 0 Å². The molecule has 0 aromatic heterocycles. The Morgan fingerprint density at radius 3 is 2.14 bits per heavy atom. The van der Waals surface area contributed by atoms with Crippen LogP contribution in [0.5, 0.6) is 0 Å². The van der Waals surface area contributed by atoms with Gasteiger partial charge in [0.1, 0.15) is 0 Å². The van der Waals surface area contributed by atoms with Crippen LogP contribution >= 0.6 is 24.0 Å². The molecule has 3 rings (SSSR count). The summed E-state index contributed by atoms with van der Waals surface area (Å²) in [7, 11) is 0.